The number of aromatic amines is 1. The summed E-state index contributed by atoms with van der Waals surface area (Å²) in [6, 6.07) is 17.2. The molecule has 0 radical (unpaired) electrons. The van der Waals surface area contributed by atoms with Gasteiger partial charge in [0.25, 0.3) is 5.91 Å². The summed E-state index contributed by atoms with van der Waals surface area (Å²) in [4.78, 5) is 15.5. The van der Waals surface area contributed by atoms with Crippen molar-refractivity contribution in [1.82, 2.24) is 4.98 Å². The molecule has 112 valence electrons. The van der Waals surface area contributed by atoms with Crippen LogP contribution in [0.4, 0.5) is 5.69 Å². The predicted octanol–water partition coefficient (Wildman–Crippen LogP) is 4.02. The molecule has 0 saturated heterocycles. The Morgan fingerprint density at radius 1 is 1.17 bits per heavy atom. The number of para-hydroxylation sites is 2. The lowest BCUT2D eigenvalue weighted by Crippen LogP contribution is -2.14. The van der Waals surface area contributed by atoms with Crippen molar-refractivity contribution in [2.75, 3.05) is 5.32 Å². The van der Waals surface area contributed by atoms with Gasteiger partial charge in [-0.3, -0.25) is 4.79 Å². The number of fused-ring (bicyclic) bond motifs is 1. The predicted molar refractivity (Wildman–Crippen MR) is 91.7 cm³/mol. The normalized spacial score (nSPS) is 11.2. The van der Waals surface area contributed by atoms with E-state index in [4.69, 9.17) is 0 Å². The van der Waals surface area contributed by atoms with Crippen LogP contribution in [-0.4, -0.2) is 10.9 Å². The molecular formula is C19H15N3O. The maximum absolute atomic E-state index is 12.3. The largest absolute Gasteiger partial charge is 0.361 e. The van der Waals surface area contributed by atoms with Gasteiger partial charge in [-0.25, -0.2) is 0 Å². The maximum atomic E-state index is 12.3. The molecule has 4 heteroatoms. The lowest BCUT2D eigenvalue weighted by Gasteiger charge is -2.07. The fourth-order valence-corrected chi connectivity index (χ4v) is 2.42. The number of rotatable bonds is 3. The number of anilines is 1. The molecular weight excluding hydrogens is 286 g/mol. The fraction of sp³-hybridized carbons (Fsp3) is 0.0526. The number of amides is 1. The molecule has 3 aromatic rings. The van der Waals surface area contributed by atoms with Gasteiger partial charge in [-0.15, -0.1) is 0 Å². The Balaban J connectivity index is 1.92. The van der Waals surface area contributed by atoms with Crippen LogP contribution in [0.1, 0.15) is 11.1 Å². The molecule has 0 atom stereocenters. The Kier molecular flexibility index (Phi) is 3.94. The zero-order chi connectivity index (χ0) is 16.2. The molecule has 0 fully saturated rings. The van der Waals surface area contributed by atoms with Gasteiger partial charge in [0, 0.05) is 28.4 Å². The second-order valence-electron chi connectivity index (χ2n) is 5.23. The molecule has 0 aliphatic heterocycles. The highest BCUT2D eigenvalue weighted by Crippen LogP contribution is 2.21. The van der Waals surface area contributed by atoms with Crippen molar-refractivity contribution in [1.29, 1.82) is 5.26 Å². The molecule has 4 nitrogen and oxygen atoms in total. The van der Waals surface area contributed by atoms with E-state index in [-0.39, 0.29) is 5.57 Å². The van der Waals surface area contributed by atoms with E-state index < -0.39 is 5.91 Å². The summed E-state index contributed by atoms with van der Waals surface area (Å²) < 4.78 is 0. The first kappa shape index (κ1) is 14.6. The minimum Gasteiger partial charge on any atom is -0.361 e. The summed E-state index contributed by atoms with van der Waals surface area (Å²) in [6.07, 6.45) is 3.40. The van der Waals surface area contributed by atoms with Gasteiger partial charge in [0.1, 0.15) is 11.6 Å². The molecule has 0 aliphatic carbocycles. The van der Waals surface area contributed by atoms with Crippen molar-refractivity contribution in [3.8, 4) is 6.07 Å². The molecule has 3 rings (SSSR count). The standard InChI is InChI=1S/C19H15N3O/c1-13-6-2-4-8-17(13)22-19(23)14(11-20)10-15-12-21-18-9-5-3-7-16(15)18/h2-10,12,21H,1H3,(H,22,23)/b14-10-. The second kappa shape index (κ2) is 6.20. The van der Waals surface area contributed by atoms with Crippen LogP contribution in [0.3, 0.4) is 0 Å². The van der Waals surface area contributed by atoms with Gasteiger partial charge in [0.05, 0.1) is 0 Å². The Labute approximate surface area is 134 Å². The number of H-pyrrole nitrogens is 1. The average Bonchev–Trinajstić information content (AvgIpc) is 2.97. The van der Waals surface area contributed by atoms with E-state index in [1.54, 1.807) is 12.3 Å². The van der Waals surface area contributed by atoms with Crippen molar-refractivity contribution < 1.29 is 4.79 Å². The van der Waals surface area contributed by atoms with E-state index in [1.807, 2.05) is 61.5 Å². The number of aryl methyl sites for hydroxylation is 1. The Morgan fingerprint density at radius 2 is 1.91 bits per heavy atom. The van der Waals surface area contributed by atoms with Gasteiger partial charge < -0.3 is 10.3 Å². The Bertz CT molecular complexity index is 944. The number of nitrogens with zero attached hydrogens (tertiary/aromatic N) is 1. The van der Waals surface area contributed by atoms with E-state index >= 15 is 0 Å². The van der Waals surface area contributed by atoms with Gasteiger partial charge in [-0.1, -0.05) is 36.4 Å². The van der Waals surface area contributed by atoms with Crippen LogP contribution in [0.2, 0.25) is 0 Å². The van der Waals surface area contributed by atoms with E-state index in [0.717, 1.165) is 22.0 Å². The molecule has 0 saturated carbocycles. The molecule has 0 spiro atoms. The third-order valence-electron chi connectivity index (χ3n) is 3.68. The van der Waals surface area contributed by atoms with Gasteiger partial charge in [-0.05, 0) is 30.7 Å². The molecule has 1 aromatic heterocycles. The average molecular weight is 301 g/mol. The summed E-state index contributed by atoms with van der Waals surface area (Å²) in [5, 5.41) is 13.1. The first-order valence-electron chi connectivity index (χ1n) is 7.24. The molecule has 2 N–H and O–H groups in total. The SMILES string of the molecule is Cc1ccccc1NC(=O)/C(C#N)=C\c1c[nH]c2ccccc12. The smallest absolute Gasteiger partial charge is 0.266 e. The Hall–Kier alpha value is -3.32. The molecule has 1 amide bonds. The quantitative estimate of drug-likeness (QED) is 0.566. The van der Waals surface area contributed by atoms with Gasteiger partial charge >= 0.3 is 0 Å². The van der Waals surface area contributed by atoms with Gasteiger partial charge in [0.15, 0.2) is 0 Å². The fourth-order valence-electron chi connectivity index (χ4n) is 2.42. The maximum Gasteiger partial charge on any atom is 0.266 e. The first-order valence-corrected chi connectivity index (χ1v) is 7.24. The Morgan fingerprint density at radius 3 is 2.70 bits per heavy atom. The molecule has 23 heavy (non-hydrogen) atoms. The summed E-state index contributed by atoms with van der Waals surface area (Å²) in [7, 11) is 0. The van der Waals surface area contributed by atoms with E-state index in [9.17, 15) is 10.1 Å². The minimum atomic E-state index is -0.410. The van der Waals surface area contributed by atoms with Crippen LogP contribution >= 0.6 is 0 Å². The van der Waals surface area contributed by atoms with E-state index in [0.29, 0.717) is 5.69 Å². The number of carbonyl (C=O) groups is 1. The number of benzene rings is 2. The minimum absolute atomic E-state index is 0.0676. The molecule has 0 aliphatic rings. The van der Waals surface area contributed by atoms with Crippen molar-refractivity contribution >= 4 is 28.6 Å². The number of carbonyl (C=O) groups excluding carboxylic acids is 1. The zero-order valence-electron chi connectivity index (χ0n) is 12.6. The van der Waals surface area contributed by atoms with E-state index in [2.05, 4.69) is 10.3 Å². The van der Waals surface area contributed by atoms with Crippen molar-refractivity contribution in [2.45, 2.75) is 6.92 Å². The first-order chi connectivity index (χ1) is 11.2. The van der Waals surface area contributed by atoms with Crippen LogP contribution in [-0.2, 0) is 4.79 Å². The third-order valence-corrected chi connectivity index (χ3v) is 3.68. The molecule has 0 unspecified atom stereocenters. The number of hydrogen-bond acceptors (Lipinski definition) is 2. The number of hydrogen-bond donors (Lipinski definition) is 2. The van der Waals surface area contributed by atoms with Crippen LogP contribution in [0, 0.1) is 18.3 Å². The molecule has 2 aromatic carbocycles. The summed E-state index contributed by atoms with van der Waals surface area (Å²) >= 11 is 0. The van der Waals surface area contributed by atoms with Crippen LogP contribution in [0.5, 0.6) is 0 Å². The monoisotopic (exact) mass is 301 g/mol. The third kappa shape index (κ3) is 2.99. The second-order valence-corrected chi connectivity index (χ2v) is 5.23. The lowest BCUT2D eigenvalue weighted by atomic mass is 10.1. The highest BCUT2D eigenvalue weighted by Gasteiger charge is 2.11. The van der Waals surface area contributed by atoms with Crippen molar-refractivity contribution in [3.63, 3.8) is 0 Å². The summed E-state index contributed by atoms with van der Waals surface area (Å²) in [5.41, 5.74) is 3.51. The van der Waals surface area contributed by atoms with Crippen LogP contribution < -0.4 is 5.32 Å². The highest BCUT2D eigenvalue weighted by molar-refractivity contribution is 6.11. The number of aromatic nitrogens is 1. The van der Waals surface area contributed by atoms with E-state index in [1.165, 1.54) is 0 Å². The van der Waals surface area contributed by atoms with Crippen molar-refractivity contribution in [3.05, 3.63) is 71.4 Å². The summed E-state index contributed by atoms with van der Waals surface area (Å²) in [5.74, 6) is -0.410. The zero-order valence-corrected chi connectivity index (χ0v) is 12.6. The van der Waals surface area contributed by atoms with Crippen LogP contribution in [0.25, 0.3) is 17.0 Å². The summed E-state index contributed by atoms with van der Waals surface area (Å²) in [6.45, 7) is 1.91. The number of nitrogens with one attached hydrogen (secondary N) is 2. The lowest BCUT2D eigenvalue weighted by molar-refractivity contribution is -0.112. The van der Waals surface area contributed by atoms with Crippen LogP contribution in [0.15, 0.2) is 60.3 Å². The van der Waals surface area contributed by atoms with Crippen molar-refractivity contribution in [2.24, 2.45) is 0 Å². The van der Waals surface area contributed by atoms with Gasteiger partial charge in [0.2, 0.25) is 0 Å². The topological polar surface area (TPSA) is 68.7 Å². The highest BCUT2D eigenvalue weighted by atomic mass is 16.1. The van der Waals surface area contributed by atoms with Gasteiger partial charge in [-0.2, -0.15) is 5.26 Å². The number of nitriles is 1. The molecule has 1 heterocycles. The molecule has 0 bridgehead atoms.